The summed E-state index contributed by atoms with van der Waals surface area (Å²) in [4.78, 5) is 4.22. The van der Waals surface area contributed by atoms with Crippen LogP contribution >= 0.6 is 27.5 Å². The first-order valence-electron chi connectivity index (χ1n) is 6.57. The van der Waals surface area contributed by atoms with Crippen molar-refractivity contribution in [3.63, 3.8) is 0 Å². The van der Waals surface area contributed by atoms with E-state index in [-0.39, 0.29) is 6.04 Å². The fraction of sp³-hybridized carbons (Fsp3) is 0.357. The summed E-state index contributed by atoms with van der Waals surface area (Å²) in [6.45, 7) is 3.57. The normalized spacial score (nSPS) is 12.4. The van der Waals surface area contributed by atoms with Crippen molar-refractivity contribution in [2.24, 2.45) is 5.73 Å². The summed E-state index contributed by atoms with van der Waals surface area (Å²) in [5.41, 5.74) is 7.93. The molecule has 20 heavy (non-hydrogen) atoms. The molecule has 1 heterocycles. The van der Waals surface area contributed by atoms with Gasteiger partial charge in [0.2, 0.25) is 0 Å². The maximum atomic E-state index is 6.11. The third-order valence-electron chi connectivity index (χ3n) is 3.06. The Bertz CT molecular complexity index is 570. The highest BCUT2D eigenvalue weighted by molar-refractivity contribution is 9.10. The quantitative estimate of drug-likeness (QED) is 0.826. The summed E-state index contributed by atoms with van der Waals surface area (Å²) in [6, 6.07) is 5.79. The van der Waals surface area contributed by atoms with Crippen molar-refractivity contribution >= 4 is 33.2 Å². The Balaban J connectivity index is 2.19. The molecule has 6 heteroatoms. The molecular weight excluding hydrogens is 340 g/mol. The molecule has 1 aromatic heterocycles. The number of halogens is 2. The Hall–Kier alpha value is -1.04. The van der Waals surface area contributed by atoms with Gasteiger partial charge in [0, 0.05) is 23.2 Å². The second kappa shape index (κ2) is 7.11. The maximum absolute atomic E-state index is 6.11. The van der Waals surface area contributed by atoms with Gasteiger partial charge in [-0.15, -0.1) is 0 Å². The number of imidazole rings is 1. The summed E-state index contributed by atoms with van der Waals surface area (Å²) in [5, 5.41) is 4.08. The molecule has 0 saturated carbocycles. The molecule has 0 spiro atoms. The molecule has 1 atom stereocenters. The van der Waals surface area contributed by atoms with Crippen LogP contribution in [0.25, 0.3) is 0 Å². The van der Waals surface area contributed by atoms with Crippen LogP contribution < -0.4 is 11.1 Å². The zero-order valence-electron chi connectivity index (χ0n) is 11.3. The minimum absolute atomic E-state index is 0.0151. The fourth-order valence-corrected chi connectivity index (χ4v) is 2.52. The van der Waals surface area contributed by atoms with Crippen LogP contribution in [0.1, 0.15) is 25.1 Å². The van der Waals surface area contributed by atoms with Gasteiger partial charge >= 0.3 is 0 Å². The number of nitrogens with two attached hydrogens (primary N) is 1. The smallest absolute Gasteiger partial charge is 0.0948 e. The first-order chi connectivity index (χ1) is 9.65. The van der Waals surface area contributed by atoms with Crippen molar-refractivity contribution in [1.82, 2.24) is 9.55 Å². The van der Waals surface area contributed by atoms with Crippen LogP contribution in [0.15, 0.2) is 35.2 Å². The van der Waals surface area contributed by atoms with Gasteiger partial charge in [-0.05, 0) is 40.5 Å². The number of benzene rings is 1. The minimum Gasteiger partial charge on any atom is -0.375 e. The first-order valence-corrected chi connectivity index (χ1v) is 7.74. The Kier molecular flexibility index (Phi) is 5.46. The van der Waals surface area contributed by atoms with E-state index in [9.17, 15) is 0 Å². The average Bonchev–Trinajstić information content (AvgIpc) is 2.88. The van der Waals surface area contributed by atoms with Gasteiger partial charge in [-0.2, -0.15) is 0 Å². The second-order valence-electron chi connectivity index (χ2n) is 4.57. The molecule has 0 saturated heterocycles. The molecule has 2 aromatic rings. The number of hydrogen-bond donors (Lipinski definition) is 2. The third kappa shape index (κ3) is 3.53. The molecule has 1 unspecified atom stereocenters. The van der Waals surface area contributed by atoms with E-state index in [1.807, 2.05) is 30.7 Å². The predicted molar refractivity (Wildman–Crippen MR) is 87.1 cm³/mol. The van der Waals surface area contributed by atoms with E-state index in [0.717, 1.165) is 28.8 Å². The molecule has 3 N–H and O–H groups in total. The Morgan fingerprint density at radius 2 is 2.30 bits per heavy atom. The van der Waals surface area contributed by atoms with E-state index < -0.39 is 0 Å². The van der Waals surface area contributed by atoms with E-state index in [1.165, 1.54) is 0 Å². The molecule has 0 aliphatic heterocycles. The zero-order valence-corrected chi connectivity index (χ0v) is 13.7. The lowest BCUT2D eigenvalue weighted by Gasteiger charge is -2.20. The number of nitrogens with one attached hydrogen (secondary N) is 1. The zero-order chi connectivity index (χ0) is 14.5. The fourth-order valence-electron chi connectivity index (χ4n) is 2.09. The lowest BCUT2D eigenvalue weighted by molar-refractivity contribution is 0.613. The van der Waals surface area contributed by atoms with Crippen molar-refractivity contribution in [3.8, 4) is 0 Å². The Morgan fingerprint density at radius 3 is 2.95 bits per heavy atom. The lowest BCUT2D eigenvalue weighted by atomic mass is 10.2. The summed E-state index contributed by atoms with van der Waals surface area (Å²) < 4.78 is 3.01. The standard InChI is InChI=1S/C14H18BrClN4/c1-2-5-20-9-18-8-14(20)13(7-17)19-10-3-4-11(15)12(16)6-10/h3-4,6,8-9,13,19H,2,5,7,17H2,1H3. The van der Waals surface area contributed by atoms with Crippen molar-refractivity contribution in [3.05, 3.63) is 45.9 Å². The summed E-state index contributed by atoms with van der Waals surface area (Å²) >= 11 is 9.50. The molecule has 108 valence electrons. The van der Waals surface area contributed by atoms with E-state index in [0.29, 0.717) is 11.6 Å². The number of nitrogens with zero attached hydrogens (tertiary/aromatic N) is 2. The highest BCUT2D eigenvalue weighted by Crippen LogP contribution is 2.27. The Labute approximate surface area is 132 Å². The number of rotatable bonds is 6. The molecule has 0 amide bonds. The van der Waals surface area contributed by atoms with Gasteiger partial charge in [0.15, 0.2) is 0 Å². The average molecular weight is 358 g/mol. The van der Waals surface area contributed by atoms with Gasteiger partial charge in [0.25, 0.3) is 0 Å². The highest BCUT2D eigenvalue weighted by atomic mass is 79.9. The largest absolute Gasteiger partial charge is 0.375 e. The highest BCUT2D eigenvalue weighted by Gasteiger charge is 2.14. The van der Waals surface area contributed by atoms with Crippen molar-refractivity contribution in [1.29, 1.82) is 0 Å². The van der Waals surface area contributed by atoms with Gasteiger partial charge in [0.1, 0.15) is 0 Å². The predicted octanol–water partition coefficient (Wildman–Crippen LogP) is 3.82. The number of anilines is 1. The van der Waals surface area contributed by atoms with Crippen LogP contribution in [0.4, 0.5) is 5.69 Å². The summed E-state index contributed by atoms with van der Waals surface area (Å²) in [7, 11) is 0. The van der Waals surface area contributed by atoms with Crippen LogP contribution in [0, 0.1) is 0 Å². The molecule has 0 bridgehead atoms. The van der Waals surface area contributed by atoms with Crippen molar-refractivity contribution in [2.45, 2.75) is 25.9 Å². The maximum Gasteiger partial charge on any atom is 0.0948 e. The number of aryl methyl sites for hydroxylation is 1. The first kappa shape index (κ1) is 15.4. The van der Waals surface area contributed by atoms with Gasteiger partial charge in [-0.25, -0.2) is 4.98 Å². The summed E-state index contributed by atoms with van der Waals surface area (Å²) in [5.74, 6) is 0. The van der Waals surface area contributed by atoms with E-state index in [4.69, 9.17) is 17.3 Å². The minimum atomic E-state index is 0.0151. The van der Waals surface area contributed by atoms with Crippen LogP contribution in [0.2, 0.25) is 5.02 Å². The molecule has 1 aromatic carbocycles. The van der Waals surface area contributed by atoms with E-state index in [2.05, 4.69) is 37.7 Å². The topological polar surface area (TPSA) is 55.9 Å². The van der Waals surface area contributed by atoms with Crippen LogP contribution in [-0.2, 0) is 6.54 Å². The van der Waals surface area contributed by atoms with Gasteiger partial charge in [-0.3, -0.25) is 0 Å². The lowest BCUT2D eigenvalue weighted by Crippen LogP contribution is -2.23. The molecule has 0 aliphatic carbocycles. The molecule has 4 nitrogen and oxygen atoms in total. The van der Waals surface area contributed by atoms with Crippen molar-refractivity contribution in [2.75, 3.05) is 11.9 Å². The van der Waals surface area contributed by atoms with Crippen LogP contribution in [-0.4, -0.2) is 16.1 Å². The Morgan fingerprint density at radius 1 is 1.50 bits per heavy atom. The van der Waals surface area contributed by atoms with Gasteiger partial charge < -0.3 is 15.6 Å². The summed E-state index contributed by atoms with van der Waals surface area (Å²) in [6.07, 6.45) is 4.77. The molecule has 2 rings (SSSR count). The van der Waals surface area contributed by atoms with Crippen LogP contribution in [0.3, 0.4) is 0 Å². The second-order valence-corrected chi connectivity index (χ2v) is 5.83. The molecule has 0 radical (unpaired) electrons. The van der Waals surface area contributed by atoms with Crippen LogP contribution in [0.5, 0.6) is 0 Å². The molecule has 0 aliphatic rings. The van der Waals surface area contributed by atoms with Gasteiger partial charge in [-0.1, -0.05) is 18.5 Å². The van der Waals surface area contributed by atoms with E-state index in [1.54, 1.807) is 0 Å². The SMILES string of the molecule is CCCn1cncc1C(CN)Nc1ccc(Br)c(Cl)c1. The monoisotopic (exact) mass is 356 g/mol. The molecule has 0 fully saturated rings. The van der Waals surface area contributed by atoms with E-state index >= 15 is 0 Å². The molecular formula is C14H18BrClN4. The van der Waals surface area contributed by atoms with Gasteiger partial charge in [0.05, 0.1) is 29.3 Å². The third-order valence-corrected chi connectivity index (χ3v) is 4.29. The number of hydrogen-bond acceptors (Lipinski definition) is 3. The number of aromatic nitrogens is 2. The van der Waals surface area contributed by atoms with Crippen molar-refractivity contribution < 1.29 is 0 Å².